The van der Waals surface area contributed by atoms with Crippen molar-refractivity contribution in [3.05, 3.63) is 24.3 Å². The lowest BCUT2D eigenvalue weighted by Crippen LogP contribution is -2.54. The molecule has 0 saturated heterocycles. The van der Waals surface area contributed by atoms with Gasteiger partial charge in [0.25, 0.3) is 29.3 Å². The van der Waals surface area contributed by atoms with Crippen LogP contribution in [0.15, 0.2) is 18.7 Å². The lowest BCUT2D eigenvalue weighted by Gasteiger charge is -2.24. The molecule has 0 spiro atoms. The smallest absolute Gasteiger partial charge is 0.257 e. The van der Waals surface area contributed by atoms with E-state index in [4.69, 9.17) is 12.3 Å². The molecule has 0 bridgehead atoms. The van der Waals surface area contributed by atoms with Crippen molar-refractivity contribution in [1.82, 2.24) is 0 Å². The molecule has 0 heterocycles. The second-order valence-corrected chi connectivity index (χ2v) is 26.4. The maximum absolute atomic E-state index is 6.31. The van der Waals surface area contributed by atoms with Gasteiger partial charge >= 0.3 is 0 Å². The van der Waals surface area contributed by atoms with Gasteiger partial charge < -0.3 is 12.3 Å². The van der Waals surface area contributed by atoms with Crippen LogP contribution in [0.4, 0.5) is 0 Å². The summed E-state index contributed by atoms with van der Waals surface area (Å²) in [7, 11) is -3.73. The Kier molecular flexibility index (Phi) is 8.89. The molecular weight excluding hydrogens is 421 g/mol. The fourth-order valence-electron chi connectivity index (χ4n) is 1.71. The summed E-state index contributed by atoms with van der Waals surface area (Å²) in [6.45, 7) is 24.1. The van der Waals surface area contributed by atoms with Crippen LogP contribution < -0.4 is 15.6 Å². The Bertz CT molecular complexity index is 615. The van der Waals surface area contributed by atoms with Crippen molar-refractivity contribution >= 4 is 75.9 Å². The molecule has 0 amide bonds. The van der Waals surface area contributed by atoms with Crippen molar-refractivity contribution in [3.8, 4) is 0 Å². The first-order valence-corrected chi connectivity index (χ1v) is 21.8. The third kappa shape index (κ3) is 9.37. The van der Waals surface area contributed by atoms with Gasteiger partial charge in [0.15, 0.2) is 25.0 Å². The normalized spacial score (nSPS) is 13.1. The Morgan fingerprint density at radius 1 is 0.692 bits per heavy atom. The molecule has 1 aromatic carbocycles. The van der Waals surface area contributed by atoms with E-state index in [9.17, 15) is 0 Å². The van der Waals surface area contributed by atoms with Crippen LogP contribution in [0.1, 0.15) is 5.56 Å². The van der Waals surface area contributed by atoms with E-state index < -0.39 is 25.0 Å². The van der Waals surface area contributed by atoms with E-state index in [-0.39, 0.29) is 0 Å². The molecule has 9 heteroatoms. The minimum atomic E-state index is -1.60. The molecule has 26 heavy (non-hydrogen) atoms. The summed E-state index contributed by atoms with van der Waals surface area (Å²) in [5, 5.41) is 3.79. The molecule has 1 rings (SSSR count). The molecule has 0 aromatic heterocycles. The predicted octanol–water partition coefficient (Wildman–Crippen LogP) is 2.62. The van der Waals surface area contributed by atoms with E-state index in [2.05, 4.69) is 77.6 Å². The summed E-state index contributed by atoms with van der Waals surface area (Å²) in [6.07, 6.45) is 1.94. The third-order valence-electron chi connectivity index (χ3n) is 2.84. The van der Waals surface area contributed by atoms with Gasteiger partial charge in [0.2, 0.25) is 0 Å². The van der Waals surface area contributed by atoms with E-state index in [0.29, 0.717) is 29.3 Å². The van der Waals surface area contributed by atoms with Crippen LogP contribution in [0.5, 0.6) is 0 Å². The standard InChI is InChI=1S/C17H32O3Si6/c1-11-14-12-13-15(21-18-24(2,3)4)17(23-20-26(8,9)10)16(14)22-19-25(5,6)7/h11-13H,1H2,2-10H3. The highest BCUT2D eigenvalue weighted by molar-refractivity contribution is 6.82. The van der Waals surface area contributed by atoms with Crippen molar-refractivity contribution in [2.45, 2.75) is 58.9 Å². The van der Waals surface area contributed by atoms with Gasteiger partial charge in [-0.25, -0.2) is 0 Å². The highest BCUT2D eigenvalue weighted by Gasteiger charge is 2.24. The largest absolute Gasteiger partial charge is 0.453 e. The number of hydrogen-bond acceptors (Lipinski definition) is 3. The maximum atomic E-state index is 6.31. The highest BCUT2D eigenvalue weighted by atomic mass is 28.4. The lowest BCUT2D eigenvalue weighted by molar-refractivity contribution is 0.602. The van der Waals surface area contributed by atoms with Gasteiger partial charge in [0.1, 0.15) is 0 Å². The topological polar surface area (TPSA) is 27.7 Å². The van der Waals surface area contributed by atoms with Crippen LogP contribution in [0.3, 0.4) is 0 Å². The van der Waals surface area contributed by atoms with E-state index in [0.717, 1.165) is 5.56 Å². The summed E-state index contributed by atoms with van der Waals surface area (Å²) in [5.74, 6) is 0. The Morgan fingerprint density at radius 2 is 1.12 bits per heavy atom. The molecule has 142 valence electrons. The minimum absolute atomic E-state index is 0.334. The average molecular weight is 453 g/mol. The quantitative estimate of drug-likeness (QED) is 0.511. The van der Waals surface area contributed by atoms with Crippen molar-refractivity contribution in [2.75, 3.05) is 0 Å². The van der Waals surface area contributed by atoms with Gasteiger partial charge in [0, 0.05) is 0 Å². The molecule has 0 unspecified atom stereocenters. The fourth-order valence-corrected chi connectivity index (χ4v) is 8.73. The van der Waals surface area contributed by atoms with E-state index in [1.807, 2.05) is 6.08 Å². The first-order valence-electron chi connectivity index (χ1n) is 8.83. The van der Waals surface area contributed by atoms with Gasteiger partial charge in [0.05, 0.1) is 0 Å². The highest BCUT2D eigenvalue weighted by Crippen LogP contribution is 2.05. The van der Waals surface area contributed by atoms with E-state index in [1.165, 1.54) is 15.6 Å². The first-order chi connectivity index (χ1) is 11.7. The molecule has 0 N–H and O–H groups in total. The van der Waals surface area contributed by atoms with Crippen molar-refractivity contribution < 1.29 is 12.3 Å². The zero-order valence-corrected chi connectivity index (χ0v) is 23.7. The number of rotatable bonds is 10. The van der Waals surface area contributed by atoms with Crippen LogP contribution >= 0.6 is 0 Å². The van der Waals surface area contributed by atoms with Gasteiger partial charge in [-0.3, -0.25) is 0 Å². The zero-order valence-electron chi connectivity index (χ0n) is 17.7. The summed E-state index contributed by atoms with van der Waals surface area (Å²) < 4.78 is 18.8. The molecule has 0 aliphatic rings. The zero-order chi connectivity index (χ0) is 20.2. The molecule has 0 aliphatic heterocycles. The monoisotopic (exact) mass is 452 g/mol. The Morgan fingerprint density at radius 3 is 1.54 bits per heavy atom. The second kappa shape index (κ2) is 9.56. The van der Waals surface area contributed by atoms with Gasteiger partial charge in [-0.05, 0) is 80.0 Å². The second-order valence-electron chi connectivity index (χ2n) is 9.11. The summed E-state index contributed by atoms with van der Waals surface area (Å²) in [5.41, 5.74) is 1.16. The predicted molar refractivity (Wildman–Crippen MR) is 126 cm³/mol. The van der Waals surface area contributed by atoms with Crippen LogP contribution in [0.25, 0.3) is 6.08 Å². The molecule has 0 aliphatic carbocycles. The van der Waals surface area contributed by atoms with Crippen LogP contribution in [0.2, 0.25) is 58.9 Å². The van der Waals surface area contributed by atoms with Gasteiger partial charge in [-0.2, -0.15) is 0 Å². The summed E-state index contributed by atoms with van der Waals surface area (Å²) >= 11 is 0. The molecule has 3 nitrogen and oxygen atoms in total. The summed E-state index contributed by atoms with van der Waals surface area (Å²) in [6, 6.07) is 4.34. The Hall–Kier alpha value is 0.141. The van der Waals surface area contributed by atoms with Crippen molar-refractivity contribution in [3.63, 3.8) is 0 Å². The minimum Gasteiger partial charge on any atom is -0.453 e. The summed E-state index contributed by atoms with van der Waals surface area (Å²) in [4.78, 5) is 0. The van der Waals surface area contributed by atoms with E-state index in [1.54, 1.807) is 0 Å². The maximum Gasteiger partial charge on any atom is 0.257 e. The van der Waals surface area contributed by atoms with Crippen LogP contribution in [-0.2, 0) is 12.3 Å². The molecule has 1 aromatic rings. The molecular formula is C17H32O3Si6. The molecule has 6 radical (unpaired) electrons. The first kappa shape index (κ1) is 24.2. The molecule has 0 saturated carbocycles. The Labute approximate surface area is 171 Å². The van der Waals surface area contributed by atoms with Gasteiger partial charge in [-0.1, -0.05) is 24.8 Å². The van der Waals surface area contributed by atoms with Crippen molar-refractivity contribution in [2.24, 2.45) is 0 Å². The Balaban J connectivity index is 3.28. The number of hydrogen-bond donors (Lipinski definition) is 0. The van der Waals surface area contributed by atoms with Crippen LogP contribution in [-0.4, -0.2) is 54.2 Å². The molecule has 0 fully saturated rings. The van der Waals surface area contributed by atoms with Gasteiger partial charge in [-0.15, -0.1) is 0 Å². The van der Waals surface area contributed by atoms with Crippen molar-refractivity contribution in [1.29, 1.82) is 0 Å². The van der Waals surface area contributed by atoms with Crippen LogP contribution in [0, 0.1) is 0 Å². The number of benzene rings is 1. The molecule has 0 atom stereocenters. The SMILES string of the molecule is C=Cc1ccc([Si]O[Si](C)(C)C)c([Si]O[Si](C)(C)C)c1[Si]O[Si](C)(C)C. The van der Waals surface area contributed by atoms with E-state index >= 15 is 0 Å². The lowest BCUT2D eigenvalue weighted by atomic mass is 10.2. The third-order valence-corrected chi connectivity index (χ3v) is 14.0. The average Bonchev–Trinajstić information content (AvgIpc) is 2.46. The fraction of sp³-hybridized carbons (Fsp3) is 0.529.